The van der Waals surface area contributed by atoms with E-state index in [9.17, 15) is 0 Å². The highest BCUT2D eigenvalue weighted by Crippen LogP contribution is 2.49. The number of aryl methyl sites for hydroxylation is 2. The van der Waals surface area contributed by atoms with Crippen molar-refractivity contribution in [3.63, 3.8) is 0 Å². The fourth-order valence-corrected chi connectivity index (χ4v) is 5.09. The maximum Gasteiger partial charge on any atom is 0.224 e. The molecular formula is C20H25N5O. The average Bonchev–Trinajstić information content (AvgIpc) is 3.36. The van der Waals surface area contributed by atoms with Crippen molar-refractivity contribution in [1.29, 1.82) is 0 Å². The Hall–Kier alpha value is -2.21. The number of fused-ring (bicyclic) bond motifs is 2. The second-order valence-corrected chi connectivity index (χ2v) is 7.93. The standard InChI is InChI=1S/C20H25N5O/c1-14-22-23-19(26-14)20-10-5-6-15(20)12-25(13-20)11-9-18-21-16-7-3-4-8-17(16)24(18)2/h3-4,7-8,15H,5-6,9-13H2,1-2H3/t15-,20-/m0/s1. The summed E-state index contributed by atoms with van der Waals surface area (Å²) in [6.07, 6.45) is 4.67. The topological polar surface area (TPSA) is 60.0 Å². The number of benzene rings is 1. The molecule has 2 fully saturated rings. The van der Waals surface area contributed by atoms with Gasteiger partial charge in [-0.1, -0.05) is 18.6 Å². The van der Waals surface area contributed by atoms with Crippen LogP contribution in [-0.2, 0) is 18.9 Å². The molecule has 6 heteroatoms. The lowest BCUT2D eigenvalue weighted by Gasteiger charge is -2.24. The van der Waals surface area contributed by atoms with Gasteiger partial charge in [0.25, 0.3) is 0 Å². The van der Waals surface area contributed by atoms with Gasteiger partial charge in [-0.3, -0.25) is 0 Å². The van der Waals surface area contributed by atoms with Crippen LogP contribution in [-0.4, -0.2) is 44.3 Å². The van der Waals surface area contributed by atoms with E-state index in [0.717, 1.165) is 43.3 Å². The molecule has 1 aliphatic heterocycles. The van der Waals surface area contributed by atoms with Crippen molar-refractivity contribution in [2.45, 2.75) is 38.0 Å². The Morgan fingerprint density at radius 3 is 2.96 bits per heavy atom. The van der Waals surface area contributed by atoms with Crippen LogP contribution in [0.3, 0.4) is 0 Å². The summed E-state index contributed by atoms with van der Waals surface area (Å²) in [6.45, 7) is 5.08. The van der Waals surface area contributed by atoms with Crippen molar-refractivity contribution in [2.75, 3.05) is 19.6 Å². The SMILES string of the molecule is Cc1nnc([C@]23CCC[C@H]2CN(CCc2nc4ccccc4n2C)C3)o1. The third-order valence-electron chi connectivity index (χ3n) is 6.42. The van der Waals surface area contributed by atoms with Crippen molar-refractivity contribution in [2.24, 2.45) is 13.0 Å². The van der Waals surface area contributed by atoms with E-state index in [0.29, 0.717) is 11.8 Å². The minimum absolute atomic E-state index is 0.0770. The number of likely N-dealkylation sites (tertiary alicyclic amines) is 1. The van der Waals surface area contributed by atoms with Gasteiger partial charge in [0.15, 0.2) is 0 Å². The Morgan fingerprint density at radius 1 is 1.27 bits per heavy atom. The lowest BCUT2D eigenvalue weighted by molar-refractivity contribution is 0.270. The Bertz CT molecular complexity index is 945. The molecule has 3 heterocycles. The molecular weight excluding hydrogens is 326 g/mol. The van der Waals surface area contributed by atoms with Gasteiger partial charge in [-0.25, -0.2) is 4.98 Å². The van der Waals surface area contributed by atoms with Crippen molar-refractivity contribution < 1.29 is 4.42 Å². The fraction of sp³-hybridized carbons (Fsp3) is 0.550. The zero-order valence-electron chi connectivity index (χ0n) is 15.5. The quantitative estimate of drug-likeness (QED) is 0.723. The number of nitrogens with zero attached hydrogens (tertiary/aromatic N) is 5. The van der Waals surface area contributed by atoms with Crippen molar-refractivity contribution in [3.05, 3.63) is 41.9 Å². The Kier molecular flexibility index (Phi) is 3.64. The number of aromatic nitrogens is 4. The molecule has 5 rings (SSSR count). The van der Waals surface area contributed by atoms with E-state index in [1.807, 2.05) is 6.92 Å². The molecule has 1 aliphatic carbocycles. The zero-order chi connectivity index (χ0) is 17.7. The highest BCUT2D eigenvalue weighted by Gasteiger charge is 2.53. The largest absolute Gasteiger partial charge is 0.425 e. The van der Waals surface area contributed by atoms with Crippen LogP contribution >= 0.6 is 0 Å². The highest BCUT2D eigenvalue weighted by molar-refractivity contribution is 5.75. The molecule has 0 amide bonds. The van der Waals surface area contributed by atoms with Crippen LogP contribution in [0.1, 0.15) is 36.9 Å². The Balaban J connectivity index is 1.33. The smallest absolute Gasteiger partial charge is 0.224 e. The summed E-state index contributed by atoms with van der Waals surface area (Å²) in [7, 11) is 2.12. The van der Waals surface area contributed by atoms with Crippen LogP contribution in [0.4, 0.5) is 0 Å². The van der Waals surface area contributed by atoms with Crippen LogP contribution < -0.4 is 0 Å². The molecule has 26 heavy (non-hydrogen) atoms. The molecule has 0 N–H and O–H groups in total. The minimum atomic E-state index is 0.0770. The van der Waals surface area contributed by atoms with Gasteiger partial charge < -0.3 is 13.9 Å². The molecule has 0 spiro atoms. The maximum absolute atomic E-state index is 5.88. The summed E-state index contributed by atoms with van der Waals surface area (Å²) in [6, 6.07) is 8.35. The summed E-state index contributed by atoms with van der Waals surface area (Å²) < 4.78 is 8.10. The first-order valence-electron chi connectivity index (χ1n) is 9.59. The van der Waals surface area contributed by atoms with Crippen LogP contribution in [0.2, 0.25) is 0 Å². The number of imidazole rings is 1. The molecule has 2 aliphatic rings. The maximum atomic E-state index is 5.88. The van der Waals surface area contributed by atoms with Gasteiger partial charge >= 0.3 is 0 Å². The van der Waals surface area contributed by atoms with Crippen LogP contribution in [0, 0.1) is 12.8 Å². The lowest BCUT2D eigenvalue weighted by atomic mass is 9.80. The van der Waals surface area contributed by atoms with E-state index in [1.54, 1.807) is 0 Å². The first-order chi connectivity index (χ1) is 12.7. The monoisotopic (exact) mass is 351 g/mol. The molecule has 0 unspecified atom stereocenters. The molecule has 1 aromatic carbocycles. The zero-order valence-corrected chi connectivity index (χ0v) is 15.5. The molecule has 3 aromatic rings. The number of para-hydroxylation sites is 2. The number of rotatable bonds is 4. The fourth-order valence-electron chi connectivity index (χ4n) is 5.09. The van der Waals surface area contributed by atoms with Gasteiger partial charge in [0, 0.05) is 40.0 Å². The summed E-state index contributed by atoms with van der Waals surface area (Å²) in [5, 5.41) is 8.49. The van der Waals surface area contributed by atoms with Crippen molar-refractivity contribution in [1.82, 2.24) is 24.6 Å². The Labute approximate surface area is 153 Å². The van der Waals surface area contributed by atoms with E-state index in [2.05, 4.69) is 51.0 Å². The van der Waals surface area contributed by atoms with E-state index < -0.39 is 0 Å². The predicted octanol–water partition coefficient (Wildman–Crippen LogP) is 2.86. The highest BCUT2D eigenvalue weighted by atomic mass is 16.4. The molecule has 2 aromatic heterocycles. The van der Waals surface area contributed by atoms with Crippen LogP contribution in [0.5, 0.6) is 0 Å². The predicted molar refractivity (Wildman–Crippen MR) is 98.9 cm³/mol. The second kappa shape index (κ2) is 5.91. The molecule has 6 nitrogen and oxygen atoms in total. The average molecular weight is 351 g/mol. The van der Waals surface area contributed by atoms with E-state index in [4.69, 9.17) is 9.40 Å². The molecule has 1 saturated heterocycles. The molecule has 0 bridgehead atoms. The molecule has 2 atom stereocenters. The summed E-state index contributed by atoms with van der Waals surface area (Å²) in [5.74, 6) is 3.34. The second-order valence-electron chi connectivity index (χ2n) is 7.93. The van der Waals surface area contributed by atoms with E-state index in [1.165, 1.54) is 24.8 Å². The van der Waals surface area contributed by atoms with Crippen molar-refractivity contribution >= 4 is 11.0 Å². The van der Waals surface area contributed by atoms with Gasteiger partial charge in [-0.05, 0) is 30.9 Å². The molecule has 0 radical (unpaired) electrons. The van der Waals surface area contributed by atoms with Crippen LogP contribution in [0.25, 0.3) is 11.0 Å². The minimum Gasteiger partial charge on any atom is -0.425 e. The molecule has 136 valence electrons. The third-order valence-corrected chi connectivity index (χ3v) is 6.42. The van der Waals surface area contributed by atoms with Gasteiger partial charge in [0.2, 0.25) is 11.8 Å². The number of hydrogen-bond donors (Lipinski definition) is 0. The van der Waals surface area contributed by atoms with Gasteiger partial charge in [0.05, 0.1) is 16.4 Å². The first-order valence-corrected chi connectivity index (χ1v) is 9.59. The van der Waals surface area contributed by atoms with Crippen LogP contribution in [0.15, 0.2) is 28.7 Å². The van der Waals surface area contributed by atoms with Gasteiger partial charge in [0.1, 0.15) is 5.82 Å². The molecule has 1 saturated carbocycles. The van der Waals surface area contributed by atoms with E-state index >= 15 is 0 Å². The normalized spacial score (nSPS) is 26.0. The van der Waals surface area contributed by atoms with Crippen molar-refractivity contribution in [3.8, 4) is 0 Å². The summed E-state index contributed by atoms with van der Waals surface area (Å²) in [4.78, 5) is 7.39. The third kappa shape index (κ3) is 2.39. The van der Waals surface area contributed by atoms with Gasteiger partial charge in [-0.2, -0.15) is 0 Å². The lowest BCUT2D eigenvalue weighted by Crippen LogP contribution is -2.33. The Morgan fingerprint density at radius 2 is 2.15 bits per heavy atom. The first kappa shape index (κ1) is 16.0. The summed E-state index contributed by atoms with van der Waals surface area (Å²) in [5.41, 5.74) is 2.37. The number of hydrogen-bond acceptors (Lipinski definition) is 5. The summed E-state index contributed by atoms with van der Waals surface area (Å²) >= 11 is 0. The van der Waals surface area contributed by atoms with Gasteiger partial charge in [-0.15, -0.1) is 10.2 Å². The van der Waals surface area contributed by atoms with E-state index in [-0.39, 0.29) is 5.41 Å².